The van der Waals surface area contributed by atoms with Crippen LogP contribution in [-0.4, -0.2) is 18.3 Å². The third kappa shape index (κ3) is 2.77. The van der Waals surface area contributed by atoms with Crippen molar-refractivity contribution in [2.24, 2.45) is 5.41 Å². The molecule has 1 saturated carbocycles. The number of aliphatic hydroxyl groups excluding tert-OH is 1. The number of aliphatic hydroxyl groups is 1. The predicted octanol–water partition coefficient (Wildman–Crippen LogP) is 3.28. The second kappa shape index (κ2) is 4.80. The smallest absolute Gasteiger partial charge is 0.396 e. The van der Waals surface area contributed by atoms with Gasteiger partial charge in [-0.25, -0.2) is 0 Å². The monoisotopic (exact) mass is 259 g/mol. The van der Waals surface area contributed by atoms with Gasteiger partial charge in [0.05, 0.1) is 12.2 Å². The summed E-state index contributed by atoms with van der Waals surface area (Å²) in [6, 6.07) is 4.97. The van der Waals surface area contributed by atoms with Gasteiger partial charge in [0, 0.05) is 17.6 Å². The number of anilines is 1. The number of nitrogens with one attached hydrogen (secondary N) is 1. The van der Waals surface area contributed by atoms with Crippen molar-refractivity contribution < 1.29 is 18.3 Å². The lowest BCUT2D eigenvalue weighted by atomic mass is 9.69. The maximum absolute atomic E-state index is 12.4. The van der Waals surface area contributed by atoms with Crippen LogP contribution in [0.15, 0.2) is 24.3 Å². The van der Waals surface area contributed by atoms with E-state index >= 15 is 0 Å². The molecule has 1 aliphatic rings. The van der Waals surface area contributed by atoms with Crippen molar-refractivity contribution in [3.63, 3.8) is 0 Å². The van der Waals surface area contributed by atoms with Gasteiger partial charge in [-0.15, -0.1) is 0 Å². The third-order valence-corrected chi connectivity index (χ3v) is 3.63. The van der Waals surface area contributed by atoms with Gasteiger partial charge in [-0.2, -0.15) is 13.2 Å². The average Bonchev–Trinajstić information content (AvgIpc) is 2.28. The number of alkyl halides is 3. The molecule has 18 heavy (non-hydrogen) atoms. The molecule has 0 atom stereocenters. The van der Waals surface area contributed by atoms with Gasteiger partial charge in [0.2, 0.25) is 0 Å². The molecule has 100 valence electrons. The van der Waals surface area contributed by atoms with Crippen LogP contribution in [0.3, 0.4) is 0 Å². The number of hydrogen-bond acceptors (Lipinski definition) is 2. The van der Waals surface area contributed by atoms with Crippen molar-refractivity contribution in [1.29, 1.82) is 0 Å². The van der Waals surface area contributed by atoms with E-state index in [0.29, 0.717) is 12.2 Å². The standard InChI is InChI=1S/C13H16F3NO/c14-13(15,16)10-2-4-11(5-3-10)17-8-12(9-18)6-1-7-12/h2-5,17-18H,1,6-9H2. The Morgan fingerprint density at radius 1 is 1.17 bits per heavy atom. The van der Waals surface area contributed by atoms with Crippen molar-refractivity contribution in [2.75, 3.05) is 18.5 Å². The Bertz CT molecular complexity index is 390. The second-order valence-corrected chi connectivity index (χ2v) is 4.94. The van der Waals surface area contributed by atoms with Crippen molar-refractivity contribution in [3.05, 3.63) is 29.8 Å². The molecular weight excluding hydrogens is 243 g/mol. The summed E-state index contributed by atoms with van der Waals surface area (Å²) in [4.78, 5) is 0. The molecule has 1 aromatic rings. The Hall–Kier alpha value is -1.23. The zero-order valence-electron chi connectivity index (χ0n) is 9.93. The first-order chi connectivity index (χ1) is 8.45. The van der Waals surface area contributed by atoms with Gasteiger partial charge in [0.25, 0.3) is 0 Å². The highest BCUT2D eigenvalue weighted by Crippen LogP contribution is 2.40. The Morgan fingerprint density at radius 2 is 1.78 bits per heavy atom. The van der Waals surface area contributed by atoms with Crippen molar-refractivity contribution >= 4 is 5.69 Å². The second-order valence-electron chi connectivity index (χ2n) is 4.94. The number of halogens is 3. The molecule has 2 N–H and O–H groups in total. The van der Waals surface area contributed by atoms with Crippen LogP contribution < -0.4 is 5.32 Å². The van der Waals surface area contributed by atoms with Gasteiger partial charge in [0.15, 0.2) is 0 Å². The third-order valence-electron chi connectivity index (χ3n) is 3.63. The fourth-order valence-electron chi connectivity index (χ4n) is 2.13. The zero-order chi connectivity index (χ0) is 13.2. The number of rotatable bonds is 4. The summed E-state index contributed by atoms with van der Waals surface area (Å²) in [5.41, 5.74) is -0.0702. The highest BCUT2D eigenvalue weighted by Gasteiger charge is 2.36. The summed E-state index contributed by atoms with van der Waals surface area (Å²) in [6.07, 6.45) is -1.25. The van der Waals surface area contributed by atoms with Gasteiger partial charge in [-0.1, -0.05) is 6.42 Å². The van der Waals surface area contributed by atoms with E-state index in [2.05, 4.69) is 5.32 Å². The molecule has 1 aliphatic carbocycles. The maximum Gasteiger partial charge on any atom is 0.416 e. The molecule has 0 amide bonds. The number of hydrogen-bond donors (Lipinski definition) is 2. The van der Waals surface area contributed by atoms with E-state index in [-0.39, 0.29) is 12.0 Å². The summed E-state index contributed by atoms with van der Waals surface area (Å²) in [5, 5.41) is 12.4. The van der Waals surface area contributed by atoms with Crippen LogP contribution in [0.1, 0.15) is 24.8 Å². The lowest BCUT2D eigenvalue weighted by molar-refractivity contribution is -0.137. The molecule has 0 spiro atoms. The van der Waals surface area contributed by atoms with Crippen LogP contribution in [0.25, 0.3) is 0 Å². The maximum atomic E-state index is 12.4. The molecule has 0 saturated heterocycles. The summed E-state index contributed by atoms with van der Waals surface area (Å²) in [7, 11) is 0. The molecule has 0 heterocycles. The zero-order valence-corrected chi connectivity index (χ0v) is 9.93. The minimum Gasteiger partial charge on any atom is -0.396 e. The Kier molecular flexibility index (Phi) is 3.52. The van der Waals surface area contributed by atoms with E-state index < -0.39 is 11.7 Å². The van der Waals surface area contributed by atoms with Crippen LogP contribution in [0, 0.1) is 5.41 Å². The van der Waals surface area contributed by atoms with Gasteiger partial charge in [-0.3, -0.25) is 0 Å². The minimum absolute atomic E-state index is 0.0807. The highest BCUT2D eigenvalue weighted by molar-refractivity contribution is 5.45. The molecule has 0 unspecified atom stereocenters. The van der Waals surface area contributed by atoms with E-state index in [4.69, 9.17) is 0 Å². The lowest BCUT2D eigenvalue weighted by Gasteiger charge is -2.40. The van der Waals surface area contributed by atoms with Crippen LogP contribution in [0.5, 0.6) is 0 Å². The summed E-state index contributed by atoms with van der Waals surface area (Å²) in [6.45, 7) is 0.732. The van der Waals surface area contributed by atoms with Gasteiger partial charge >= 0.3 is 6.18 Å². The molecule has 0 radical (unpaired) electrons. The first-order valence-corrected chi connectivity index (χ1v) is 5.97. The molecule has 0 aliphatic heterocycles. The molecule has 2 rings (SSSR count). The largest absolute Gasteiger partial charge is 0.416 e. The summed E-state index contributed by atoms with van der Waals surface area (Å²) >= 11 is 0. The minimum atomic E-state index is -4.29. The van der Waals surface area contributed by atoms with Crippen molar-refractivity contribution in [3.8, 4) is 0 Å². The van der Waals surface area contributed by atoms with E-state index in [1.165, 1.54) is 12.1 Å². The SMILES string of the molecule is OCC1(CNc2ccc(C(F)(F)F)cc2)CCC1. The quantitative estimate of drug-likeness (QED) is 0.869. The van der Waals surface area contributed by atoms with E-state index in [1.54, 1.807) is 0 Å². The summed E-state index contributed by atoms with van der Waals surface area (Å²) in [5.74, 6) is 0. The van der Waals surface area contributed by atoms with E-state index in [0.717, 1.165) is 31.4 Å². The highest BCUT2D eigenvalue weighted by atomic mass is 19.4. The topological polar surface area (TPSA) is 32.3 Å². The van der Waals surface area contributed by atoms with Crippen LogP contribution >= 0.6 is 0 Å². The lowest BCUT2D eigenvalue weighted by Crippen LogP contribution is -2.39. The molecule has 0 aromatic heterocycles. The van der Waals surface area contributed by atoms with Crippen LogP contribution in [0.4, 0.5) is 18.9 Å². The van der Waals surface area contributed by atoms with Gasteiger partial charge in [-0.05, 0) is 37.1 Å². The molecular formula is C13H16F3NO. The summed E-state index contributed by atoms with van der Waals surface area (Å²) < 4.78 is 37.1. The normalized spacial score (nSPS) is 18.2. The molecule has 0 bridgehead atoms. The fraction of sp³-hybridized carbons (Fsp3) is 0.538. The Labute approximate surface area is 104 Å². The first kappa shape index (κ1) is 13.2. The van der Waals surface area contributed by atoms with Crippen LogP contribution in [0.2, 0.25) is 0 Å². The molecule has 1 fully saturated rings. The van der Waals surface area contributed by atoms with Gasteiger partial charge < -0.3 is 10.4 Å². The molecule has 1 aromatic carbocycles. The first-order valence-electron chi connectivity index (χ1n) is 5.97. The van der Waals surface area contributed by atoms with E-state index in [9.17, 15) is 18.3 Å². The van der Waals surface area contributed by atoms with Gasteiger partial charge in [0.1, 0.15) is 0 Å². The van der Waals surface area contributed by atoms with Crippen molar-refractivity contribution in [2.45, 2.75) is 25.4 Å². The average molecular weight is 259 g/mol. The van der Waals surface area contributed by atoms with Crippen molar-refractivity contribution in [1.82, 2.24) is 0 Å². The Morgan fingerprint density at radius 3 is 2.17 bits per heavy atom. The molecule has 2 nitrogen and oxygen atoms in total. The van der Waals surface area contributed by atoms with E-state index in [1.807, 2.05) is 0 Å². The van der Waals surface area contributed by atoms with Crippen LogP contribution in [-0.2, 0) is 6.18 Å². The fourth-order valence-corrected chi connectivity index (χ4v) is 2.13. The Balaban J connectivity index is 1.94. The predicted molar refractivity (Wildman–Crippen MR) is 63.3 cm³/mol. The number of benzene rings is 1. The molecule has 5 heteroatoms.